The first-order valence-electron chi connectivity index (χ1n) is 8.03. The van der Waals surface area contributed by atoms with Crippen LogP contribution in [-0.2, 0) is 14.3 Å². The van der Waals surface area contributed by atoms with Gasteiger partial charge in [-0.05, 0) is 11.5 Å². The molecule has 0 unspecified atom stereocenters. The summed E-state index contributed by atoms with van der Waals surface area (Å²) in [6.45, 7) is 4.03. The molecule has 5 heteroatoms. The smallest absolute Gasteiger partial charge is 0.311 e. The summed E-state index contributed by atoms with van der Waals surface area (Å²) < 4.78 is 16.1. The standard InChI is InChI=1S/C19H22O5/c1-19(2)9-14(20)18-13(8-17(21)24-16(18)10-19)12-6-5-11(22-3)7-15(12)23-4/h5-7,13H,8-10H2,1-4H3/t13-/m0/s1. The number of allylic oxidation sites excluding steroid dienone is 2. The normalized spacial score (nSPS) is 22.8. The van der Waals surface area contributed by atoms with Crippen molar-refractivity contribution < 1.29 is 23.8 Å². The minimum Gasteiger partial charge on any atom is -0.497 e. The van der Waals surface area contributed by atoms with Crippen LogP contribution in [0.1, 0.15) is 44.6 Å². The predicted octanol–water partition coefficient (Wildman–Crippen LogP) is 3.38. The molecule has 1 aromatic carbocycles. The third-order valence-electron chi connectivity index (χ3n) is 4.65. The second-order valence-corrected chi connectivity index (χ2v) is 7.12. The minimum absolute atomic E-state index is 0.0524. The summed E-state index contributed by atoms with van der Waals surface area (Å²) in [5.41, 5.74) is 1.25. The van der Waals surface area contributed by atoms with Crippen molar-refractivity contribution in [2.45, 2.75) is 39.0 Å². The van der Waals surface area contributed by atoms with Gasteiger partial charge in [-0.3, -0.25) is 9.59 Å². The van der Waals surface area contributed by atoms with Crippen LogP contribution < -0.4 is 9.47 Å². The number of esters is 1. The Hall–Kier alpha value is -2.30. The van der Waals surface area contributed by atoms with Gasteiger partial charge >= 0.3 is 5.97 Å². The number of ketones is 1. The topological polar surface area (TPSA) is 61.8 Å². The maximum Gasteiger partial charge on any atom is 0.311 e. The number of benzene rings is 1. The van der Waals surface area contributed by atoms with Crippen molar-refractivity contribution in [2.24, 2.45) is 5.41 Å². The Bertz CT molecular complexity index is 729. The van der Waals surface area contributed by atoms with E-state index in [1.807, 2.05) is 26.0 Å². The average Bonchev–Trinajstić information content (AvgIpc) is 2.51. The molecule has 1 aromatic rings. The molecule has 3 rings (SSSR count). The quantitative estimate of drug-likeness (QED) is 0.795. The van der Waals surface area contributed by atoms with Gasteiger partial charge in [0.25, 0.3) is 0 Å². The van der Waals surface area contributed by atoms with Crippen molar-refractivity contribution in [1.82, 2.24) is 0 Å². The van der Waals surface area contributed by atoms with Crippen molar-refractivity contribution in [1.29, 1.82) is 0 Å². The molecule has 1 aliphatic heterocycles. The lowest BCUT2D eigenvalue weighted by atomic mass is 9.71. The zero-order valence-electron chi connectivity index (χ0n) is 14.5. The van der Waals surface area contributed by atoms with Crippen LogP contribution in [-0.4, -0.2) is 26.0 Å². The van der Waals surface area contributed by atoms with Gasteiger partial charge in [0.05, 0.1) is 20.6 Å². The summed E-state index contributed by atoms with van der Waals surface area (Å²) in [6, 6.07) is 5.45. The van der Waals surface area contributed by atoms with E-state index in [1.165, 1.54) is 0 Å². The summed E-state index contributed by atoms with van der Waals surface area (Å²) in [4.78, 5) is 24.9. The number of methoxy groups -OCH3 is 2. The fourth-order valence-corrected chi connectivity index (χ4v) is 3.58. The summed E-state index contributed by atoms with van der Waals surface area (Å²) in [6.07, 6.45) is 1.20. The van der Waals surface area contributed by atoms with Gasteiger partial charge in [0.15, 0.2) is 5.78 Å². The van der Waals surface area contributed by atoms with Gasteiger partial charge in [-0.25, -0.2) is 0 Å². The van der Waals surface area contributed by atoms with E-state index in [0.717, 1.165) is 5.56 Å². The maximum atomic E-state index is 12.7. The van der Waals surface area contributed by atoms with Crippen molar-refractivity contribution in [3.8, 4) is 11.5 Å². The number of rotatable bonds is 3. The molecule has 0 saturated heterocycles. The molecule has 1 heterocycles. The highest BCUT2D eigenvalue weighted by molar-refractivity contribution is 6.00. The van der Waals surface area contributed by atoms with E-state index in [4.69, 9.17) is 14.2 Å². The molecule has 0 amide bonds. The third-order valence-corrected chi connectivity index (χ3v) is 4.65. The van der Waals surface area contributed by atoms with E-state index < -0.39 is 0 Å². The lowest BCUT2D eigenvalue weighted by Gasteiger charge is -2.36. The van der Waals surface area contributed by atoms with Gasteiger partial charge in [0.2, 0.25) is 0 Å². The lowest BCUT2D eigenvalue weighted by Crippen LogP contribution is -2.34. The molecule has 5 nitrogen and oxygen atoms in total. The van der Waals surface area contributed by atoms with Crippen LogP contribution in [0.4, 0.5) is 0 Å². The number of ether oxygens (including phenoxy) is 3. The fraction of sp³-hybridized carbons (Fsp3) is 0.474. The fourth-order valence-electron chi connectivity index (χ4n) is 3.58. The minimum atomic E-state index is -0.328. The zero-order valence-corrected chi connectivity index (χ0v) is 14.5. The molecule has 0 fully saturated rings. The van der Waals surface area contributed by atoms with E-state index in [1.54, 1.807) is 20.3 Å². The van der Waals surface area contributed by atoms with Crippen molar-refractivity contribution >= 4 is 11.8 Å². The van der Waals surface area contributed by atoms with E-state index in [0.29, 0.717) is 35.7 Å². The number of carbonyl (C=O) groups excluding carboxylic acids is 2. The summed E-state index contributed by atoms with van der Waals surface area (Å²) >= 11 is 0. The van der Waals surface area contributed by atoms with Crippen molar-refractivity contribution in [2.75, 3.05) is 14.2 Å². The molecule has 128 valence electrons. The maximum absolute atomic E-state index is 12.7. The monoisotopic (exact) mass is 330 g/mol. The van der Waals surface area contributed by atoms with Crippen molar-refractivity contribution in [3.63, 3.8) is 0 Å². The molecule has 0 radical (unpaired) electrons. The average molecular weight is 330 g/mol. The number of carbonyl (C=O) groups is 2. The van der Waals surface area contributed by atoms with Crippen LogP contribution in [0.25, 0.3) is 0 Å². The van der Waals surface area contributed by atoms with Crippen LogP contribution >= 0.6 is 0 Å². The van der Waals surface area contributed by atoms with Crippen LogP contribution in [0.3, 0.4) is 0 Å². The highest BCUT2D eigenvalue weighted by Gasteiger charge is 2.42. The second-order valence-electron chi connectivity index (χ2n) is 7.12. The Morgan fingerprint density at radius 3 is 2.54 bits per heavy atom. The SMILES string of the molecule is COc1ccc([C@@H]2CC(=O)OC3=C2C(=O)CC(C)(C)C3)c(OC)c1. The highest BCUT2D eigenvalue weighted by atomic mass is 16.5. The molecule has 1 atom stereocenters. The molecule has 0 aromatic heterocycles. The number of Topliss-reactive ketones (excluding diaryl/α,β-unsaturated/α-hetero) is 1. The lowest BCUT2D eigenvalue weighted by molar-refractivity contribution is -0.142. The third kappa shape index (κ3) is 2.90. The first-order valence-corrected chi connectivity index (χ1v) is 8.03. The Morgan fingerprint density at radius 2 is 1.88 bits per heavy atom. The van der Waals surface area contributed by atoms with Gasteiger partial charge in [-0.1, -0.05) is 19.9 Å². The van der Waals surface area contributed by atoms with Crippen LogP contribution in [0, 0.1) is 5.41 Å². The molecule has 0 saturated carbocycles. The van der Waals surface area contributed by atoms with Crippen LogP contribution in [0.15, 0.2) is 29.5 Å². The van der Waals surface area contributed by atoms with E-state index >= 15 is 0 Å². The number of hydrogen-bond acceptors (Lipinski definition) is 5. The molecule has 1 aliphatic carbocycles. The summed E-state index contributed by atoms with van der Waals surface area (Å²) in [5, 5.41) is 0. The second kappa shape index (κ2) is 5.96. The molecular formula is C19H22O5. The Morgan fingerprint density at radius 1 is 1.12 bits per heavy atom. The summed E-state index contributed by atoms with van der Waals surface area (Å²) in [7, 11) is 3.15. The molecule has 0 spiro atoms. The highest BCUT2D eigenvalue weighted by Crippen LogP contribution is 2.47. The molecule has 0 bridgehead atoms. The van der Waals surface area contributed by atoms with Crippen molar-refractivity contribution in [3.05, 3.63) is 35.1 Å². The molecule has 0 N–H and O–H groups in total. The Kier molecular flexibility index (Phi) is 4.11. The largest absolute Gasteiger partial charge is 0.497 e. The van der Waals surface area contributed by atoms with E-state index in [-0.39, 0.29) is 29.5 Å². The number of hydrogen-bond donors (Lipinski definition) is 0. The van der Waals surface area contributed by atoms with Gasteiger partial charge < -0.3 is 14.2 Å². The van der Waals surface area contributed by atoms with E-state index in [2.05, 4.69) is 0 Å². The zero-order chi connectivity index (χ0) is 17.5. The molecular weight excluding hydrogens is 308 g/mol. The Labute approximate surface area is 141 Å². The molecule has 2 aliphatic rings. The molecule has 24 heavy (non-hydrogen) atoms. The van der Waals surface area contributed by atoms with E-state index in [9.17, 15) is 9.59 Å². The predicted molar refractivity (Wildman–Crippen MR) is 88.0 cm³/mol. The van der Waals surface area contributed by atoms with Crippen LogP contribution in [0.5, 0.6) is 11.5 Å². The van der Waals surface area contributed by atoms with Gasteiger partial charge in [0.1, 0.15) is 17.3 Å². The Balaban J connectivity index is 2.10. The van der Waals surface area contributed by atoms with Gasteiger partial charge in [-0.15, -0.1) is 0 Å². The van der Waals surface area contributed by atoms with Crippen LogP contribution in [0.2, 0.25) is 0 Å². The summed E-state index contributed by atoms with van der Waals surface area (Å²) in [5.74, 6) is 1.22. The van der Waals surface area contributed by atoms with Gasteiger partial charge in [-0.2, -0.15) is 0 Å². The first-order chi connectivity index (χ1) is 11.3. The van der Waals surface area contributed by atoms with Gasteiger partial charge in [0, 0.05) is 36.0 Å². The first kappa shape index (κ1) is 16.6.